The van der Waals surface area contributed by atoms with Crippen molar-refractivity contribution < 1.29 is 5.11 Å². The number of β-amino-alcohol motifs (C(OH)–C–C–N with tert-alkyl or cyclic N) is 1. The van der Waals surface area contributed by atoms with Crippen LogP contribution in [0.5, 0.6) is 0 Å². The molecule has 1 saturated heterocycles. The van der Waals surface area contributed by atoms with Gasteiger partial charge in [-0.3, -0.25) is 4.90 Å². The Kier molecular flexibility index (Phi) is 3.42. The van der Waals surface area contributed by atoms with Gasteiger partial charge in [0, 0.05) is 25.7 Å². The molecule has 2 aliphatic rings. The number of aliphatic hydroxyl groups excluding tert-OH is 1. The maximum atomic E-state index is 9.21. The molecule has 0 bridgehead atoms. The summed E-state index contributed by atoms with van der Waals surface area (Å²) in [5, 5.41) is 12.6. The third-order valence-electron chi connectivity index (χ3n) is 3.73. The predicted octanol–water partition coefficient (Wildman–Crippen LogP) is 0.441. The number of hydrogen-bond donors (Lipinski definition) is 2. The lowest BCUT2D eigenvalue weighted by Crippen LogP contribution is -2.55. The van der Waals surface area contributed by atoms with Crippen molar-refractivity contribution in [1.82, 2.24) is 10.2 Å². The van der Waals surface area contributed by atoms with Crippen LogP contribution < -0.4 is 5.32 Å². The van der Waals surface area contributed by atoms with Crippen LogP contribution in [0.4, 0.5) is 0 Å². The van der Waals surface area contributed by atoms with Gasteiger partial charge in [-0.15, -0.1) is 0 Å². The van der Waals surface area contributed by atoms with Gasteiger partial charge in [-0.2, -0.15) is 0 Å². The molecule has 0 unspecified atom stereocenters. The van der Waals surface area contributed by atoms with Crippen LogP contribution in [0.15, 0.2) is 0 Å². The van der Waals surface area contributed by atoms with E-state index in [1.807, 2.05) is 0 Å². The van der Waals surface area contributed by atoms with E-state index in [0.717, 1.165) is 25.6 Å². The Morgan fingerprint density at radius 1 is 1.36 bits per heavy atom. The predicted molar refractivity (Wildman–Crippen MR) is 57.3 cm³/mol. The Morgan fingerprint density at radius 2 is 2.00 bits per heavy atom. The molecule has 0 radical (unpaired) electrons. The lowest BCUT2D eigenvalue weighted by molar-refractivity contribution is -0.00603. The molecule has 3 heteroatoms. The van der Waals surface area contributed by atoms with Gasteiger partial charge in [0.15, 0.2) is 0 Å². The maximum absolute atomic E-state index is 9.21. The van der Waals surface area contributed by atoms with Crippen LogP contribution in [-0.2, 0) is 0 Å². The Balaban J connectivity index is 1.75. The van der Waals surface area contributed by atoms with Crippen LogP contribution in [0.1, 0.15) is 25.7 Å². The Hall–Kier alpha value is -0.120. The van der Waals surface area contributed by atoms with Gasteiger partial charge in [-0.25, -0.2) is 0 Å². The fraction of sp³-hybridized carbons (Fsp3) is 1.00. The van der Waals surface area contributed by atoms with Crippen molar-refractivity contribution in [3.8, 4) is 0 Å². The summed E-state index contributed by atoms with van der Waals surface area (Å²) in [6, 6.07) is 0.644. The molecule has 0 spiro atoms. The maximum Gasteiger partial charge on any atom is 0.0793 e. The quantitative estimate of drug-likeness (QED) is 0.688. The summed E-state index contributed by atoms with van der Waals surface area (Å²) in [5.74, 6) is 0.873. The van der Waals surface area contributed by atoms with E-state index in [4.69, 9.17) is 0 Å². The molecular weight excluding hydrogens is 176 g/mol. The van der Waals surface area contributed by atoms with Gasteiger partial charge in [0.1, 0.15) is 0 Å². The topological polar surface area (TPSA) is 35.5 Å². The number of rotatable bonds is 4. The van der Waals surface area contributed by atoms with E-state index < -0.39 is 0 Å². The number of likely N-dealkylation sites (N-methyl/N-ethyl adjacent to an activating group) is 1. The molecule has 2 rings (SSSR count). The standard InChI is InChI=1S/C11H22N2O/c1-12-11(9-4-2-3-5-9)8-13-6-10(14)7-13/h9-12,14H,2-8H2,1H3/t11-/m0/s1. The van der Waals surface area contributed by atoms with E-state index in [0.29, 0.717) is 6.04 Å². The van der Waals surface area contributed by atoms with Crippen molar-refractivity contribution in [3.63, 3.8) is 0 Å². The molecule has 82 valence electrons. The first kappa shape index (κ1) is 10.4. The van der Waals surface area contributed by atoms with Crippen molar-refractivity contribution >= 4 is 0 Å². The summed E-state index contributed by atoms with van der Waals surface area (Å²) in [4.78, 5) is 2.35. The van der Waals surface area contributed by atoms with Crippen LogP contribution in [0.3, 0.4) is 0 Å². The zero-order valence-electron chi connectivity index (χ0n) is 9.08. The number of nitrogens with one attached hydrogen (secondary N) is 1. The van der Waals surface area contributed by atoms with Gasteiger partial charge >= 0.3 is 0 Å². The van der Waals surface area contributed by atoms with Crippen LogP contribution in [0, 0.1) is 5.92 Å². The molecular formula is C11H22N2O. The Morgan fingerprint density at radius 3 is 2.50 bits per heavy atom. The van der Waals surface area contributed by atoms with Gasteiger partial charge in [0.2, 0.25) is 0 Å². The molecule has 14 heavy (non-hydrogen) atoms. The lowest BCUT2D eigenvalue weighted by atomic mass is 9.96. The SMILES string of the molecule is CN[C@@H](CN1CC(O)C1)C1CCCC1. The van der Waals surface area contributed by atoms with E-state index in [2.05, 4.69) is 17.3 Å². The summed E-state index contributed by atoms with van der Waals surface area (Å²) in [6.07, 6.45) is 5.54. The zero-order chi connectivity index (χ0) is 9.97. The molecule has 0 aromatic rings. The highest BCUT2D eigenvalue weighted by atomic mass is 16.3. The van der Waals surface area contributed by atoms with Crippen LogP contribution in [0.2, 0.25) is 0 Å². The molecule has 2 N–H and O–H groups in total. The number of hydrogen-bond acceptors (Lipinski definition) is 3. The molecule has 1 aliphatic carbocycles. The second-order valence-corrected chi connectivity index (χ2v) is 4.81. The third kappa shape index (κ3) is 2.27. The highest BCUT2D eigenvalue weighted by Gasteiger charge is 2.30. The first-order valence-corrected chi connectivity index (χ1v) is 5.87. The van der Waals surface area contributed by atoms with E-state index in [9.17, 15) is 5.11 Å². The fourth-order valence-corrected chi connectivity index (χ4v) is 2.81. The first-order chi connectivity index (χ1) is 6.79. The van der Waals surface area contributed by atoms with Crippen molar-refractivity contribution in [2.45, 2.75) is 37.8 Å². The van der Waals surface area contributed by atoms with E-state index in [-0.39, 0.29) is 6.10 Å². The largest absolute Gasteiger partial charge is 0.390 e. The third-order valence-corrected chi connectivity index (χ3v) is 3.73. The van der Waals surface area contributed by atoms with Crippen LogP contribution in [0.25, 0.3) is 0 Å². The summed E-state index contributed by atoms with van der Waals surface area (Å²) in [5.41, 5.74) is 0. The molecule has 0 amide bonds. The highest BCUT2D eigenvalue weighted by molar-refractivity contribution is 4.87. The minimum atomic E-state index is -0.0592. The molecule has 1 atom stereocenters. The van der Waals surface area contributed by atoms with Crippen LogP contribution >= 0.6 is 0 Å². The summed E-state index contributed by atoms with van der Waals surface area (Å²) in [6.45, 7) is 2.88. The molecule has 1 aliphatic heterocycles. The number of nitrogens with zero attached hydrogens (tertiary/aromatic N) is 1. The van der Waals surface area contributed by atoms with E-state index in [1.165, 1.54) is 25.7 Å². The highest BCUT2D eigenvalue weighted by Crippen LogP contribution is 2.28. The summed E-state index contributed by atoms with van der Waals surface area (Å²) >= 11 is 0. The minimum absolute atomic E-state index is 0.0592. The van der Waals surface area contributed by atoms with Gasteiger partial charge in [-0.05, 0) is 25.8 Å². The molecule has 0 aromatic heterocycles. The molecule has 0 aromatic carbocycles. The molecule has 3 nitrogen and oxygen atoms in total. The smallest absolute Gasteiger partial charge is 0.0793 e. The Labute approximate surface area is 86.5 Å². The van der Waals surface area contributed by atoms with Gasteiger partial charge in [0.05, 0.1) is 6.10 Å². The first-order valence-electron chi connectivity index (χ1n) is 5.87. The minimum Gasteiger partial charge on any atom is -0.390 e. The van der Waals surface area contributed by atoms with Crippen molar-refractivity contribution in [2.24, 2.45) is 5.92 Å². The van der Waals surface area contributed by atoms with Crippen molar-refractivity contribution in [3.05, 3.63) is 0 Å². The monoisotopic (exact) mass is 198 g/mol. The number of aliphatic hydroxyl groups is 1. The summed E-state index contributed by atoms with van der Waals surface area (Å²) in [7, 11) is 2.07. The van der Waals surface area contributed by atoms with E-state index in [1.54, 1.807) is 0 Å². The Bertz CT molecular complexity index is 174. The fourth-order valence-electron chi connectivity index (χ4n) is 2.81. The second kappa shape index (κ2) is 4.60. The molecule has 1 saturated carbocycles. The van der Waals surface area contributed by atoms with E-state index >= 15 is 0 Å². The average molecular weight is 198 g/mol. The number of likely N-dealkylation sites (tertiary alicyclic amines) is 1. The summed E-state index contributed by atoms with van der Waals surface area (Å²) < 4.78 is 0. The zero-order valence-corrected chi connectivity index (χ0v) is 9.08. The molecule has 1 heterocycles. The van der Waals surface area contributed by atoms with Gasteiger partial charge < -0.3 is 10.4 Å². The van der Waals surface area contributed by atoms with Gasteiger partial charge in [0.25, 0.3) is 0 Å². The van der Waals surface area contributed by atoms with Crippen molar-refractivity contribution in [1.29, 1.82) is 0 Å². The molecule has 2 fully saturated rings. The van der Waals surface area contributed by atoms with Crippen LogP contribution in [-0.4, -0.2) is 48.8 Å². The van der Waals surface area contributed by atoms with Crippen molar-refractivity contribution in [2.75, 3.05) is 26.7 Å². The average Bonchev–Trinajstić information content (AvgIpc) is 2.63. The lowest BCUT2D eigenvalue weighted by Gasteiger charge is -2.39. The van der Waals surface area contributed by atoms with Gasteiger partial charge in [-0.1, -0.05) is 12.8 Å². The second-order valence-electron chi connectivity index (χ2n) is 4.81. The normalized spacial score (nSPS) is 27.9.